The van der Waals surface area contributed by atoms with Crippen molar-refractivity contribution < 1.29 is 5.11 Å². The molecule has 1 aromatic carbocycles. The van der Waals surface area contributed by atoms with Gasteiger partial charge in [0.25, 0.3) is 5.56 Å². The molecule has 1 saturated heterocycles. The summed E-state index contributed by atoms with van der Waals surface area (Å²) in [5, 5.41) is 17.4. The van der Waals surface area contributed by atoms with Crippen molar-refractivity contribution in [2.75, 3.05) is 13.2 Å². The Balaban J connectivity index is 1.76. The summed E-state index contributed by atoms with van der Waals surface area (Å²) in [6.07, 6.45) is 2.00. The lowest BCUT2D eigenvalue weighted by molar-refractivity contribution is 0.221. The van der Waals surface area contributed by atoms with Crippen LogP contribution in [0.4, 0.5) is 0 Å². The molecule has 0 amide bonds. The molecule has 26 heavy (non-hydrogen) atoms. The summed E-state index contributed by atoms with van der Waals surface area (Å²) in [5.41, 5.74) is 2.66. The summed E-state index contributed by atoms with van der Waals surface area (Å²) >= 11 is 0. The van der Waals surface area contributed by atoms with Crippen molar-refractivity contribution in [3.05, 3.63) is 57.9 Å². The molecule has 7 nitrogen and oxygen atoms in total. The fraction of sp³-hybridized carbons (Fsp3) is 0.421. The smallest absolute Gasteiger partial charge is 0.261 e. The third-order valence-corrected chi connectivity index (χ3v) is 5.00. The van der Waals surface area contributed by atoms with Crippen molar-refractivity contribution in [2.24, 2.45) is 0 Å². The summed E-state index contributed by atoms with van der Waals surface area (Å²) in [4.78, 5) is 20.1. The van der Waals surface area contributed by atoms with Crippen LogP contribution in [0.15, 0.2) is 35.1 Å². The van der Waals surface area contributed by atoms with Gasteiger partial charge in [0.2, 0.25) is 0 Å². The lowest BCUT2D eigenvalue weighted by atomic mass is 10.1. The van der Waals surface area contributed by atoms with Gasteiger partial charge in [-0.2, -0.15) is 5.10 Å². The van der Waals surface area contributed by atoms with Crippen molar-refractivity contribution in [1.29, 1.82) is 0 Å². The molecule has 1 atom stereocenters. The Kier molecular flexibility index (Phi) is 4.57. The molecule has 2 aromatic heterocycles. The number of aliphatic hydroxyl groups is 1. The number of aryl methyl sites for hydroxylation is 1. The van der Waals surface area contributed by atoms with E-state index in [4.69, 9.17) is 4.98 Å². The van der Waals surface area contributed by atoms with Gasteiger partial charge in [0, 0.05) is 12.2 Å². The number of aromatic nitrogens is 4. The molecule has 7 heteroatoms. The quantitative estimate of drug-likeness (QED) is 0.730. The third kappa shape index (κ3) is 3.04. The number of H-pyrrole nitrogens is 1. The van der Waals surface area contributed by atoms with Crippen LogP contribution in [0.3, 0.4) is 0 Å². The zero-order chi connectivity index (χ0) is 18.1. The van der Waals surface area contributed by atoms with E-state index in [1.165, 1.54) is 0 Å². The third-order valence-electron chi connectivity index (χ3n) is 5.00. The molecule has 3 heterocycles. The zero-order valence-corrected chi connectivity index (χ0v) is 14.9. The molecule has 1 unspecified atom stereocenters. The predicted molar refractivity (Wildman–Crippen MR) is 98.8 cm³/mol. The van der Waals surface area contributed by atoms with Crippen LogP contribution in [0.2, 0.25) is 0 Å². The second-order valence-corrected chi connectivity index (χ2v) is 6.84. The maximum absolute atomic E-state index is 12.9. The highest BCUT2D eigenvalue weighted by Gasteiger charge is 2.30. The molecule has 0 aliphatic carbocycles. The van der Waals surface area contributed by atoms with Crippen molar-refractivity contribution in [2.45, 2.75) is 38.9 Å². The van der Waals surface area contributed by atoms with Gasteiger partial charge >= 0.3 is 0 Å². The molecule has 3 aromatic rings. The maximum Gasteiger partial charge on any atom is 0.261 e. The summed E-state index contributed by atoms with van der Waals surface area (Å²) < 4.78 is 1.64. The average molecular weight is 353 g/mol. The Hall–Kier alpha value is -2.51. The fourth-order valence-electron chi connectivity index (χ4n) is 3.83. The number of hydrogen-bond donors (Lipinski definition) is 2. The SMILES string of the molecule is Cc1cc(CN2CCCC2c2nc3ccccc3c(=O)n2CCO)n[nH]1. The summed E-state index contributed by atoms with van der Waals surface area (Å²) in [6.45, 7) is 3.83. The summed E-state index contributed by atoms with van der Waals surface area (Å²) in [7, 11) is 0. The second kappa shape index (κ2) is 7.01. The van der Waals surface area contributed by atoms with Gasteiger partial charge in [-0.3, -0.25) is 19.4 Å². The van der Waals surface area contributed by atoms with Crippen LogP contribution in [0.25, 0.3) is 10.9 Å². The molecular formula is C19H23N5O2. The van der Waals surface area contributed by atoms with Crippen molar-refractivity contribution in [3.8, 4) is 0 Å². The molecular weight excluding hydrogens is 330 g/mol. The van der Waals surface area contributed by atoms with Crippen molar-refractivity contribution >= 4 is 10.9 Å². The number of aliphatic hydroxyl groups excluding tert-OH is 1. The number of para-hydroxylation sites is 1. The molecule has 4 rings (SSSR count). The number of benzene rings is 1. The van der Waals surface area contributed by atoms with Crippen LogP contribution in [0, 0.1) is 6.92 Å². The van der Waals surface area contributed by atoms with E-state index in [0.717, 1.165) is 43.1 Å². The van der Waals surface area contributed by atoms with Gasteiger partial charge in [0.1, 0.15) is 5.82 Å². The van der Waals surface area contributed by atoms with Crippen LogP contribution in [-0.4, -0.2) is 42.9 Å². The van der Waals surface area contributed by atoms with Crippen LogP contribution in [0.5, 0.6) is 0 Å². The molecule has 1 fully saturated rings. The molecule has 0 spiro atoms. The first-order valence-corrected chi connectivity index (χ1v) is 9.02. The molecule has 0 bridgehead atoms. The van der Waals surface area contributed by atoms with E-state index in [9.17, 15) is 9.90 Å². The first kappa shape index (κ1) is 16.9. The minimum absolute atomic E-state index is 0.0517. The highest BCUT2D eigenvalue weighted by atomic mass is 16.3. The topological polar surface area (TPSA) is 87.0 Å². The number of hydrogen-bond acceptors (Lipinski definition) is 5. The van der Waals surface area contributed by atoms with Gasteiger partial charge in [-0.15, -0.1) is 0 Å². The number of likely N-dealkylation sites (tertiary alicyclic amines) is 1. The molecule has 136 valence electrons. The maximum atomic E-state index is 12.9. The number of nitrogens with one attached hydrogen (secondary N) is 1. The first-order chi connectivity index (χ1) is 12.7. The van der Waals surface area contributed by atoms with E-state index in [2.05, 4.69) is 15.1 Å². The van der Waals surface area contributed by atoms with Gasteiger partial charge in [0.15, 0.2) is 0 Å². The zero-order valence-electron chi connectivity index (χ0n) is 14.9. The second-order valence-electron chi connectivity index (χ2n) is 6.84. The van der Waals surface area contributed by atoms with Gasteiger partial charge in [-0.05, 0) is 44.5 Å². The Morgan fingerprint density at radius 3 is 2.96 bits per heavy atom. The number of nitrogens with zero attached hydrogens (tertiary/aromatic N) is 4. The van der Waals surface area contributed by atoms with Crippen LogP contribution < -0.4 is 5.56 Å². The Morgan fingerprint density at radius 2 is 2.19 bits per heavy atom. The number of aromatic amines is 1. The van der Waals surface area contributed by atoms with E-state index >= 15 is 0 Å². The normalized spacial score (nSPS) is 18.0. The van der Waals surface area contributed by atoms with Crippen LogP contribution in [0.1, 0.15) is 36.1 Å². The van der Waals surface area contributed by atoms with Gasteiger partial charge in [-0.25, -0.2) is 4.98 Å². The lowest BCUT2D eigenvalue weighted by Gasteiger charge is -2.25. The molecule has 0 radical (unpaired) electrons. The van der Waals surface area contributed by atoms with Crippen LogP contribution in [-0.2, 0) is 13.1 Å². The predicted octanol–water partition coefficient (Wildman–Crippen LogP) is 1.76. The number of fused-ring (bicyclic) bond motifs is 1. The lowest BCUT2D eigenvalue weighted by Crippen LogP contribution is -2.33. The summed E-state index contributed by atoms with van der Waals surface area (Å²) in [5.74, 6) is 0.743. The molecule has 0 saturated carbocycles. The van der Waals surface area contributed by atoms with Crippen molar-refractivity contribution in [1.82, 2.24) is 24.6 Å². The Bertz CT molecular complexity index is 977. The van der Waals surface area contributed by atoms with E-state index in [1.54, 1.807) is 10.6 Å². The minimum Gasteiger partial charge on any atom is -0.395 e. The first-order valence-electron chi connectivity index (χ1n) is 9.02. The number of rotatable bonds is 5. The fourth-order valence-corrected chi connectivity index (χ4v) is 3.83. The van der Waals surface area contributed by atoms with Gasteiger partial charge in [-0.1, -0.05) is 12.1 Å². The monoisotopic (exact) mass is 353 g/mol. The van der Waals surface area contributed by atoms with E-state index in [0.29, 0.717) is 10.9 Å². The van der Waals surface area contributed by atoms with E-state index < -0.39 is 0 Å². The van der Waals surface area contributed by atoms with E-state index in [-0.39, 0.29) is 24.8 Å². The minimum atomic E-state index is -0.0851. The summed E-state index contributed by atoms with van der Waals surface area (Å²) in [6, 6.07) is 9.51. The standard InChI is InChI=1S/C19H23N5O2/c1-13-11-14(22-21-13)12-23-8-4-7-17(23)18-20-16-6-3-2-5-15(16)19(26)24(18)9-10-25/h2-3,5-6,11,17,25H,4,7-10,12H2,1H3,(H,21,22). The van der Waals surface area contributed by atoms with Gasteiger partial charge < -0.3 is 5.11 Å². The van der Waals surface area contributed by atoms with Crippen molar-refractivity contribution in [3.63, 3.8) is 0 Å². The van der Waals surface area contributed by atoms with E-state index in [1.807, 2.05) is 31.2 Å². The highest BCUT2D eigenvalue weighted by Crippen LogP contribution is 2.32. The largest absolute Gasteiger partial charge is 0.395 e. The molecule has 2 N–H and O–H groups in total. The van der Waals surface area contributed by atoms with Crippen LogP contribution >= 0.6 is 0 Å². The molecule has 1 aliphatic rings. The molecule has 1 aliphatic heterocycles. The Labute approximate surface area is 151 Å². The highest BCUT2D eigenvalue weighted by molar-refractivity contribution is 5.77. The van der Waals surface area contributed by atoms with Gasteiger partial charge in [0.05, 0.1) is 35.8 Å². The Morgan fingerprint density at radius 1 is 1.35 bits per heavy atom. The average Bonchev–Trinajstić information content (AvgIpc) is 3.27.